The van der Waals surface area contributed by atoms with Crippen LogP contribution in [0.25, 0.3) is 0 Å². The van der Waals surface area contributed by atoms with Gasteiger partial charge in [0.1, 0.15) is 5.75 Å². The molecular weight excluding hydrogens is 234 g/mol. The predicted octanol–water partition coefficient (Wildman–Crippen LogP) is 3.86. The molecule has 1 N–H and O–H groups in total. The first-order valence-corrected chi connectivity index (χ1v) is 7.77. The number of aryl methyl sites for hydroxylation is 1. The molecule has 1 unspecified atom stereocenters. The summed E-state index contributed by atoms with van der Waals surface area (Å²) in [5.74, 6) is 1.41. The Morgan fingerprint density at radius 2 is 1.95 bits per heavy atom. The summed E-state index contributed by atoms with van der Waals surface area (Å²) in [5, 5.41) is 10.2. The van der Waals surface area contributed by atoms with Crippen LogP contribution in [-0.4, -0.2) is 22.6 Å². The number of hydrogen-bond acceptors (Lipinski definition) is 2. The van der Waals surface area contributed by atoms with Crippen molar-refractivity contribution in [3.8, 4) is 5.75 Å². The number of aromatic hydroxyl groups is 1. The predicted molar refractivity (Wildman–Crippen MR) is 78.2 cm³/mol. The van der Waals surface area contributed by atoms with E-state index < -0.39 is 0 Å². The van der Waals surface area contributed by atoms with E-state index in [1.54, 1.807) is 0 Å². The minimum Gasteiger partial charge on any atom is -0.507 e. The summed E-state index contributed by atoms with van der Waals surface area (Å²) in [6.45, 7) is 4.11. The molecule has 1 saturated carbocycles. The lowest BCUT2D eigenvalue weighted by Gasteiger charge is -2.29. The van der Waals surface area contributed by atoms with E-state index in [0.717, 1.165) is 29.6 Å². The fourth-order valence-corrected chi connectivity index (χ4v) is 3.99. The summed E-state index contributed by atoms with van der Waals surface area (Å²) in [7, 11) is 0. The lowest BCUT2D eigenvalue weighted by Crippen LogP contribution is -2.34. The zero-order valence-corrected chi connectivity index (χ0v) is 11.9. The molecule has 1 atom stereocenters. The van der Waals surface area contributed by atoms with Crippen LogP contribution in [-0.2, 0) is 6.54 Å². The molecule has 0 radical (unpaired) electrons. The molecule has 1 saturated heterocycles. The minimum atomic E-state index is 0.500. The third-order valence-electron chi connectivity index (χ3n) is 5.05. The molecule has 1 aliphatic heterocycles. The van der Waals surface area contributed by atoms with Gasteiger partial charge in [0.05, 0.1) is 0 Å². The average Bonchev–Trinajstić information content (AvgIpc) is 3.05. The quantitative estimate of drug-likeness (QED) is 0.891. The molecule has 0 spiro atoms. The summed E-state index contributed by atoms with van der Waals surface area (Å²) in [4.78, 5) is 2.62. The van der Waals surface area contributed by atoms with Gasteiger partial charge < -0.3 is 5.11 Å². The van der Waals surface area contributed by atoms with Crippen LogP contribution in [0.5, 0.6) is 5.75 Å². The van der Waals surface area contributed by atoms with Gasteiger partial charge in [-0.05, 0) is 50.6 Å². The average molecular weight is 259 g/mol. The van der Waals surface area contributed by atoms with Gasteiger partial charge in [-0.25, -0.2) is 0 Å². The molecule has 3 rings (SSSR count). The molecule has 2 nitrogen and oxygen atoms in total. The summed E-state index contributed by atoms with van der Waals surface area (Å²) < 4.78 is 0. The monoisotopic (exact) mass is 259 g/mol. The van der Waals surface area contributed by atoms with Crippen LogP contribution in [0.4, 0.5) is 0 Å². The zero-order chi connectivity index (χ0) is 13.2. The van der Waals surface area contributed by atoms with Crippen molar-refractivity contribution < 1.29 is 5.11 Å². The van der Waals surface area contributed by atoms with Gasteiger partial charge >= 0.3 is 0 Å². The van der Waals surface area contributed by atoms with Crippen molar-refractivity contribution in [1.82, 2.24) is 4.90 Å². The topological polar surface area (TPSA) is 23.5 Å². The van der Waals surface area contributed by atoms with Gasteiger partial charge in [-0.2, -0.15) is 0 Å². The molecule has 1 aromatic rings. The Bertz CT molecular complexity index is 437. The highest BCUT2D eigenvalue weighted by atomic mass is 16.3. The molecule has 0 amide bonds. The van der Waals surface area contributed by atoms with Gasteiger partial charge in [-0.15, -0.1) is 0 Å². The Kier molecular flexibility index (Phi) is 3.79. The third kappa shape index (κ3) is 2.64. The summed E-state index contributed by atoms with van der Waals surface area (Å²) >= 11 is 0. The fourth-order valence-electron chi connectivity index (χ4n) is 3.99. The Morgan fingerprint density at radius 3 is 2.74 bits per heavy atom. The first-order valence-electron chi connectivity index (χ1n) is 7.77. The van der Waals surface area contributed by atoms with Gasteiger partial charge in [0, 0.05) is 18.2 Å². The highest BCUT2D eigenvalue weighted by Crippen LogP contribution is 2.36. The Hall–Kier alpha value is -1.02. The van der Waals surface area contributed by atoms with E-state index in [9.17, 15) is 5.11 Å². The second-order valence-electron chi connectivity index (χ2n) is 6.31. The smallest absolute Gasteiger partial charge is 0.122 e. The first kappa shape index (κ1) is 13.0. The van der Waals surface area contributed by atoms with Gasteiger partial charge in [0.2, 0.25) is 0 Å². The Morgan fingerprint density at radius 1 is 1.16 bits per heavy atom. The van der Waals surface area contributed by atoms with E-state index in [1.807, 2.05) is 13.0 Å². The highest BCUT2D eigenvalue weighted by molar-refractivity contribution is 5.39. The Labute approximate surface area is 116 Å². The van der Waals surface area contributed by atoms with Crippen molar-refractivity contribution in [2.45, 2.75) is 58.0 Å². The van der Waals surface area contributed by atoms with Crippen molar-refractivity contribution in [2.24, 2.45) is 5.92 Å². The summed E-state index contributed by atoms with van der Waals surface area (Å²) in [6.07, 6.45) is 8.36. The molecule has 2 fully saturated rings. The minimum absolute atomic E-state index is 0.500. The van der Waals surface area contributed by atoms with Gasteiger partial charge in [0.25, 0.3) is 0 Å². The number of para-hydroxylation sites is 1. The maximum atomic E-state index is 10.2. The van der Waals surface area contributed by atoms with Crippen LogP contribution < -0.4 is 0 Å². The van der Waals surface area contributed by atoms with Gasteiger partial charge in [0.15, 0.2) is 0 Å². The number of nitrogens with zero attached hydrogens (tertiary/aromatic N) is 1. The second-order valence-corrected chi connectivity index (χ2v) is 6.31. The van der Waals surface area contributed by atoms with E-state index in [1.165, 1.54) is 45.1 Å². The van der Waals surface area contributed by atoms with E-state index in [2.05, 4.69) is 17.0 Å². The number of phenolic OH excluding ortho intramolecular Hbond substituents is 1. The van der Waals surface area contributed by atoms with Crippen molar-refractivity contribution in [1.29, 1.82) is 0 Å². The molecule has 104 valence electrons. The molecule has 19 heavy (non-hydrogen) atoms. The van der Waals surface area contributed by atoms with Crippen molar-refractivity contribution >= 4 is 0 Å². The number of benzene rings is 1. The lowest BCUT2D eigenvalue weighted by molar-refractivity contribution is 0.181. The fraction of sp³-hybridized carbons (Fsp3) is 0.647. The molecule has 1 heterocycles. The molecule has 2 aliphatic rings. The third-order valence-corrected chi connectivity index (χ3v) is 5.05. The molecule has 1 aliphatic carbocycles. The maximum absolute atomic E-state index is 10.2. The van der Waals surface area contributed by atoms with Crippen molar-refractivity contribution in [3.05, 3.63) is 29.3 Å². The second kappa shape index (κ2) is 5.54. The number of phenols is 1. The number of likely N-dealkylation sites (tertiary alicyclic amines) is 1. The molecule has 1 aromatic carbocycles. The van der Waals surface area contributed by atoms with Crippen LogP contribution in [0.15, 0.2) is 18.2 Å². The van der Waals surface area contributed by atoms with Crippen molar-refractivity contribution in [3.63, 3.8) is 0 Å². The zero-order valence-electron chi connectivity index (χ0n) is 11.9. The van der Waals surface area contributed by atoms with Crippen LogP contribution in [0.2, 0.25) is 0 Å². The maximum Gasteiger partial charge on any atom is 0.122 e. The van der Waals surface area contributed by atoms with Crippen LogP contribution >= 0.6 is 0 Å². The van der Waals surface area contributed by atoms with Crippen LogP contribution in [0, 0.1) is 12.8 Å². The molecular formula is C17H25NO. The number of hydrogen-bond donors (Lipinski definition) is 1. The summed E-state index contributed by atoms with van der Waals surface area (Å²) in [6, 6.07) is 6.89. The van der Waals surface area contributed by atoms with Gasteiger partial charge in [-0.3, -0.25) is 4.90 Å². The van der Waals surface area contributed by atoms with Crippen LogP contribution in [0.3, 0.4) is 0 Å². The SMILES string of the molecule is Cc1cccc(CN2CCCC2C2CCCC2)c1O. The van der Waals surface area contributed by atoms with Gasteiger partial charge in [-0.1, -0.05) is 31.0 Å². The van der Waals surface area contributed by atoms with E-state index >= 15 is 0 Å². The van der Waals surface area contributed by atoms with E-state index in [4.69, 9.17) is 0 Å². The molecule has 2 heteroatoms. The first-order chi connectivity index (χ1) is 9.25. The molecule has 0 bridgehead atoms. The number of rotatable bonds is 3. The van der Waals surface area contributed by atoms with E-state index in [-0.39, 0.29) is 0 Å². The summed E-state index contributed by atoms with van der Waals surface area (Å²) in [5.41, 5.74) is 2.10. The van der Waals surface area contributed by atoms with E-state index in [0.29, 0.717) is 5.75 Å². The van der Waals surface area contributed by atoms with Crippen LogP contribution in [0.1, 0.15) is 49.7 Å². The normalized spacial score (nSPS) is 25.2. The van der Waals surface area contributed by atoms with Crippen molar-refractivity contribution in [2.75, 3.05) is 6.54 Å². The Balaban J connectivity index is 1.72. The largest absolute Gasteiger partial charge is 0.507 e. The standard InChI is InChI=1S/C17H25NO/c1-13-6-4-9-15(17(13)19)12-18-11-5-10-16(18)14-7-2-3-8-14/h4,6,9,14,16,19H,2-3,5,7-8,10-12H2,1H3. The lowest BCUT2D eigenvalue weighted by atomic mass is 9.95. The molecule has 0 aromatic heterocycles. The highest BCUT2D eigenvalue weighted by Gasteiger charge is 2.33.